The largest absolute Gasteiger partial charge is 0.326 e. The lowest BCUT2D eigenvalue weighted by Gasteiger charge is -2.17. The average Bonchev–Trinajstić information content (AvgIpc) is 2.60. The number of benzene rings is 2. The highest BCUT2D eigenvalue weighted by Crippen LogP contribution is 2.25. The standard InChI is InChI=1S/C21H28N2O.ClH/c1-4-17(18-12-10-16(3)11-13-18)14-21(24)23-20-9-7-6-8-19(20)15-22-5-2;/h6-13,17,22H,4-5,14-15H2,1-3H3,(H,23,24);1H. The Hall–Kier alpha value is -1.84. The Balaban J connectivity index is 0.00000312. The summed E-state index contributed by atoms with van der Waals surface area (Å²) in [5.41, 5.74) is 4.51. The normalized spacial score (nSPS) is 11.5. The average molecular weight is 361 g/mol. The maximum atomic E-state index is 12.5. The zero-order valence-corrected chi connectivity index (χ0v) is 16.2. The van der Waals surface area contributed by atoms with E-state index in [1.807, 2.05) is 18.2 Å². The summed E-state index contributed by atoms with van der Waals surface area (Å²) in [5, 5.41) is 6.40. The molecule has 0 saturated carbocycles. The summed E-state index contributed by atoms with van der Waals surface area (Å²) in [5.74, 6) is 0.331. The van der Waals surface area contributed by atoms with Gasteiger partial charge in [-0.3, -0.25) is 4.79 Å². The number of aryl methyl sites for hydroxylation is 1. The number of nitrogens with one attached hydrogen (secondary N) is 2. The minimum Gasteiger partial charge on any atom is -0.326 e. The van der Waals surface area contributed by atoms with Crippen molar-refractivity contribution < 1.29 is 4.79 Å². The van der Waals surface area contributed by atoms with E-state index in [9.17, 15) is 4.79 Å². The quantitative estimate of drug-likeness (QED) is 0.691. The van der Waals surface area contributed by atoms with Gasteiger partial charge in [-0.1, -0.05) is 61.9 Å². The van der Waals surface area contributed by atoms with Gasteiger partial charge in [-0.15, -0.1) is 12.4 Å². The second kappa shape index (κ2) is 10.9. The Kier molecular flexibility index (Phi) is 9.25. The summed E-state index contributed by atoms with van der Waals surface area (Å²) in [6.07, 6.45) is 1.46. The van der Waals surface area contributed by atoms with Crippen molar-refractivity contribution >= 4 is 24.0 Å². The number of rotatable bonds is 8. The van der Waals surface area contributed by atoms with Crippen molar-refractivity contribution in [2.75, 3.05) is 11.9 Å². The second-order valence-corrected chi connectivity index (χ2v) is 6.21. The predicted molar refractivity (Wildman–Crippen MR) is 109 cm³/mol. The molecular weight excluding hydrogens is 332 g/mol. The predicted octanol–water partition coefficient (Wildman–Crippen LogP) is 5.05. The van der Waals surface area contributed by atoms with E-state index in [1.54, 1.807) is 0 Å². The SMILES string of the molecule is CCNCc1ccccc1NC(=O)CC(CC)c1ccc(C)cc1.Cl. The number of hydrogen-bond donors (Lipinski definition) is 2. The van der Waals surface area contributed by atoms with Crippen molar-refractivity contribution in [3.05, 3.63) is 65.2 Å². The molecule has 0 aliphatic heterocycles. The van der Waals surface area contributed by atoms with Crippen LogP contribution in [0.1, 0.15) is 49.3 Å². The van der Waals surface area contributed by atoms with Gasteiger partial charge in [0.25, 0.3) is 0 Å². The molecule has 0 fully saturated rings. The fourth-order valence-corrected chi connectivity index (χ4v) is 2.82. The van der Waals surface area contributed by atoms with E-state index in [0.29, 0.717) is 6.42 Å². The number of hydrogen-bond acceptors (Lipinski definition) is 2. The fraction of sp³-hybridized carbons (Fsp3) is 0.381. The topological polar surface area (TPSA) is 41.1 Å². The molecule has 0 radical (unpaired) electrons. The van der Waals surface area contributed by atoms with Gasteiger partial charge in [-0.2, -0.15) is 0 Å². The summed E-state index contributed by atoms with van der Waals surface area (Å²) in [4.78, 5) is 12.5. The molecule has 0 saturated heterocycles. The lowest BCUT2D eigenvalue weighted by molar-refractivity contribution is -0.116. The maximum absolute atomic E-state index is 12.5. The van der Waals surface area contributed by atoms with Gasteiger partial charge in [-0.25, -0.2) is 0 Å². The van der Waals surface area contributed by atoms with Crippen molar-refractivity contribution in [3.63, 3.8) is 0 Å². The lowest BCUT2D eigenvalue weighted by atomic mass is 9.92. The molecule has 0 aromatic heterocycles. The Morgan fingerprint density at radius 2 is 1.72 bits per heavy atom. The molecule has 1 unspecified atom stereocenters. The number of para-hydroxylation sites is 1. The first-order chi connectivity index (χ1) is 11.6. The molecule has 4 heteroatoms. The van der Waals surface area contributed by atoms with Gasteiger partial charge in [0, 0.05) is 18.7 Å². The molecule has 2 aromatic rings. The Bertz CT molecular complexity index is 655. The highest BCUT2D eigenvalue weighted by atomic mass is 35.5. The Labute approximate surface area is 157 Å². The highest BCUT2D eigenvalue weighted by Gasteiger charge is 2.15. The van der Waals surface area contributed by atoms with E-state index >= 15 is 0 Å². The van der Waals surface area contributed by atoms with Gasteiger partial charge in [0.15, 0.2) is 0 Å². The third kappa shape index (κ3) is 6.52. The smallest absolute Gasteiger partial charge is 0.224 e. The zero-order chi connectivity index (χ0) is 17.4. The van der Waals surface area contributed by atoms with Gasteiger partial charge in [0.05, 0.1) is 0 Å². The number of halogens is 1. The molecule has 2 N–H and O–H groups in total. The molecule has 0 spiro atoms. The van der Waals surface area contributed by atoms with Gasteiger partial charge < -0.3 is 10.6 Å². The van der Waals surface area contributed by atoms with E-state index in [4.69, 9.17) is 0 Å². The van der Waals surface area contributed by atoms with Crippen molar-refractivity contribution in [3.8, 4) is 0 Å². The minimum atomic E-state index is 0. The number of carbonyl (C=O) groups is 1. The molecule has 136 valence electrons. The molecule has 1 atom stereocenters. The molecule has 0 bridgehead atoms. The molecule has 0 aliphatic carbocycles. The van der Waals surface area contributed by atoms with Crippen LogP contribution >= 0.6 is 12.4 Å². The van der Waals surface area contributed by atoms with E-state index in [-0.39, 0.29) is 24.2 Å². The summed E-state index contributed by atoms with van der Waals surface area (Å²) in [6.45, 7) is 7.97. The van der Waals surface area contributed by atoms with Crippen molar-refractivity contribution in [2.45, 2.75) is 46.1 Å². The Morgan fingerprint density at radius 3 is 2.36 bits per heavy atom. The van der Waals surface area contributed by atoms with Crippen LogP contribution in [0.25, 0.3) is 0 Å². The van der Waals surface area contributed by atoms with E-state index in [1.165, 1.54) is 11.1 Å². The summed E-state index contributed by atoms with van der Waals surface area (Å²) in [6, 6.07) is 16.5. The van der Waals surface area contributed by atoms with Crippen LogP contribution in [-0.2, 0) is 11.3 Å². The zero-order valence-electron chi connectivity index (χ0n) is 15.3. The number of amides is 1. The van der Waals surface area contributed by atoms with Crippen LogP contribution in [0.3, 0.4) is 0 Å². The van der Waals surface area contributed by atoms with Gasteiger partial charge in [0.1, 0.15) is 0 Å². The molecule has 1 amide bonds. The van der Waals surface area contributed by atoms with Crippen LogP contribution in [-0.4, -0.2) is 12.5 Å². The summed E-state index contributed by atoms with van der Waals surface area (Å²) >= 11 is 0. The number of anilines is 1. The molecule has 2 aromatic carbocycles. The molecule has 0 heterocycles. The van der Waals surface area contributed by atoms with Gasteiger partial charge >= 0.3 is 0 Å². The summed E-state index contributed by atoms with van der Waals surface area (Å²) < 4.78 is 0. The number of carbonyl (C=O) groups excluding carboxylic acids is 1. The molecule has 25 heavy (non-hydrogen) atoms. The van der Waals surface area contributed by atoms with Gasteiger partial charge in [-0.05, 0) is 43.0 Å². The van der Waals surface area contributed by atoms with Gasteiger partial charge in [0.2, 0.25) is 5.91 Å². The first kappa shape index (κ1) is 21.2. The van der Waals surface area contributed by atoms with E-state index in [0.717, 1.165) is 30.8 Å². The van der Waals surface area contributed by atoms with E-state index < -0.39 is 0 Å². The van der Waals surface area contributed by atoms with Crippen molar-refractivity contribution in [2.24, 2.45) is 0 Å². The summed E-state index contributed by atoms with van der Waals surface area (Å²) in [7, 11) is 0. The maximum Gasteiger partial charge on any atom is 0.224 e. The monoisotopic (exact) mass is 360 g/mol. The first-order valence-electron chi connectivity index (χ1n) is 8.79. The van der Waals surface area contributed by atoms with Crippen molar-refractivity contribution in [1.82, 2.24) is 5.32 Å². The third-order valence-electron chi connectivity index (χ3n) is 4.33. The molecule has 3 nitrogen and oxygen atoms in total. The van der Waals surface area contributed by atoms with E-state index in [2.05, 4.69) is 61.7 Å². The molecule has 0 aliphatic rings. The minimum absolute atomic E-state index is 0. The fourth-order valence-electron chi connectivity index (χ4n) is 2.82. The molecular formula is C21H29ClN2O. The lowest BCUT2D eigenvalue weighted by Crippen LogP contribution is -2.18. The Morgan fingerprint density at radius 1 is 1.04 bits per heavy atom. The van der Waals surface area contributed by atoms with Crippen molar-refractivity contribution in [1.29, 1.82) is 0 Å². The molecule has 2 rings (SSSR count). The highest BCUT2D eigenvalue weighted by molar-refractivity contribution is 5.92. The second-order valence-electron chi connectivity index (χ2n) is 6.21. The first-order valence-corrected chi connectivity index (χ1v) is 8.79. The van der Waals surface area contributed by atoms with Crippen LogP contribution in [0.5, 0.6) is 0 Å². The third-order valence-corrected chi connectivity index (χ3v) is 4.33. The van der Waals surface area contributed by atoms with Crippen LogP contribution in [0, 0.1) is 6.92 Å². The van der Waals surface area contributed by atoms with Crippen LogP contribution in [0.4, 0.5) is 5.69 Å². The van der Waals surface area contributed by atoms with Crippen LogP contribution < -0.4 is 10.6 Å². The van der Waals surface area contributed by atoms with Crippen LogP contribution in [0.2, 0.25) is 0 Å². The van der Waals surface area contributed by atoms with Crippen LogP contribution in [0.15, 0.2) is 48.5 Å².